The molecule has 0 aromatic carbocycles. The van der Waals surface area contributed by atoms with Gasteiger partial charge in [-0.15, -0.1) is 0 Å². The van der Waals surface area contributed by atoms with Gasteiger partial charge in [0.05, 0.1) is 6.04 Å². The van der Waals surface area contributed by atoms with Crippen molar-refractivity contribution in [2.24, 2.45) is 7.05 Å². The van der Waals surface area contributed by atoms with Gasteiger partial charge in [-0.3, -0.25) is 9.69 Å². The van der Waals surface area contributed by atoms with Gasteiger partial charge in [0.1, 0.15) is 11.9 Å². The zero-order valence-electron chi connectivity index (χ0n) is 13.6. The average Bonchev–Trinajstić information content (AvgIpc) is 3.00. The van der Waals surface area contributed by atoms with Crippen molar-refractivity contribution >= 4 is 5.91 Å². The van der Waals surface area contributed by atoms with E-state index in [-0.39, 0.29) is 18.1 Å². The van der Waals surface area contributed by atoms with Gasteiger partial charge in [0.2, 0.25) is 0 Å². The van der Waals surface area contributed by atoms with Crippen molar-refractivity contribution in [3.05, 3.63) is 18.2 Å². The Morgan fingerprint density at radius 3 is 2.91 bits per heavy atom. The molecule has 2 atom stereocenters. The molecule has 2 aliphatic rings. The van der Waals surface area contributed by atoms with Crippen LogP contribution >= 0.6 is 0 Å². The average molecular weight is 306 g/mol. The van der Waals surface area contributed by atoms with Crippen molar-refractivity contribution in [3.8, 4) is 0 Å². The summed E-state index contributed by atoms with van der Waals surface area (Å²) in [5.41, 5.74) is 0. The number of aryl methyl sites for hydroxylation is 1. The van der Waals surface area contributed by atoms with Gasteiger partial charge >= 0.3 is 0 Å². The lowest BCUT2D eigenvalue weighted by atomic mass is 10.1. The molecule has 1 amide bonds. The second-order valence-electron chi connectivity index (χ2n) is 6.18. The van der Waals surface area contributed by atoms with E-state index < -0.39 is 0 Å². The third-order valence-electron chi connectivity index (χ3n) is 4.82. The first-order valence-corrected chi connectivity index (χ1v) is 8.32. The number of piperazine rings is 1. The first-order valence-electron chi connectivity index (χ1n) is 8.32. The van der Waals surface area contributed by atoms with Gasteiger partial charge < -0.3 is 14.2 Å². The molecule has 2 saturated heterocycles. The predicted octanol–water partition coefficient (Wildman–Crippen LogP) is 1.19. The molecule has 0 unspecified atom stereocenters. The standard InChI is InChI=1S/C16H26N4O2/c1-3-19-9-10-20(16(21)14-6-4-5-11-22-14)12-13(19)15-17-7-8-18(15)2/h7-8,13-14H,3-6,9-12H2,1-2H3/t13-,14+/m1/s1. The summed E-state index contributed by atoms with van der Waals surface area (Å²) in [5, 5.41) is 0. The Morgan fingerprint density at radius 2 is 2.27 bits per heavy atom. The van der Waals surface area contributed by atoms with E-state index >= 15 is 0 Å². The lowest BCUT2D eigenvalue weighted by molar-refractivity contribution is -0.149. The van der Waals surface area contributed by atoms with Gasteiger partial charge in [-0.05, 0) is 25.8 Å². The Hall–Kier alpha value is -1.40. The molecule has 0 N–H and O–H groups in total. The summed E-state index contributed by atoms with van der Waals surface area (Å²) in [6.07, 6.45) is 6.59. The lowest BCUT2D eigenvalue weighted by Crippen LogP contribution is -2.53. The molecule has 6 heteroatoms. The van der Waals surface area contributed by atoms with E-state index in [0.717, 1.165) is 44.7 Å². The highest BCUT2D eigenvalue weighted by Gasteiger charge is 2.35. The van der Waals surface area contributed by atoms with E-state index in [0.29, 0.717) is 13.2 Å². The number of hydrogen-bond acceptors (Lipinski definition) is 4. The van der Waals surface area contributed by atoms with Crippen molar-refractivity contribution in [2.45, 2.75) is 38.3 Å². The topological polar surface area (TPSA) is 50.6 Å². The van der Waals surface area contributed by atoms with Crippen LogP contribution in [0.1, 0.15) is 38.1 Å². The van der Waals surface area contributed by atoms with E-state index in [1.54, 1.807) is 0 Å². The second kappa shape index (κ2) is 6.79. The third-order valence-corrected chi connectivity index (χ3v) is 4.82. The van der Waals surface area contributed by atoms with Crippen LogP contribution in [0.4, 0.5) is 0 Å². The molecular weight excluding hydrogens is 280 g/mol. The molecule has 6 nitrogen and oxygen atoms in total. The van der Waals surface area contributed by atoms with E-state index in [2.05, 4.69) is 21.4 Å². The summed E-state index contributed by atoms with van der Waals surface area (Å²) in [6, 6.07) is 0.172. The zero-order chi connectivity index (χ0) is 15.5. The molecule has 0 aliphatic carbocycles. The summed E-state index contributed by atoms with van der Waals surface area (Å²) in [7, 11) is 2.02. The minimum absolute atomic E-state index is 0.162. The number of ether oxygens (including phenoxy) is 1. The Kier molecular flexibility index (Phi) is 4.78. The maximum absolute atomic E-state index is 12.7. The molecule has 0 radical (unpaired) electrons. The number of likely N-dealkylation sites (N-methyl/N-ethyl adjacent to an activating group) is 1. The van der Waals surface area contributed by atoms with Crippen molar-refractivity contribution < 1.29 is 9.53 Å². The molecule has 2 aliphatic heterocycles. The molecule has 3 heterocycles. The summed E-state index contributed by atoms with van der Waals surface area (Å²) in [5.74, 6) is 1.19. The highest BCUT2D eigenvalue weighted by Crippen LogP contribution is 2.25. The number of amides is 1. The number of hydrogen-bond donors (Lipinski definition) is 0. The number of carbonyl (C=O) groups is 1. The smallest absolute Gasteiger partial charge is 0.251 e. The van der Waals surface area contributed by atoms with Gasteiger partial charge in [0.15, 0.2) is 0 Å². The Morgan fingerprint density at radius 1 is 1.41 bits per heavy atom. The van der Waals surface area contributed by atoms with E-state index in [1.807, 2.05) is 24.3 Å². The summed E-state index contributed by atoms with van der Waals surface area (Å²) < 4.78 is 7.72. The molecule has 0 spiro atoms. The van der Waals surface area contributed by atoms with E-state index in [1.165, 1.54) is 0 Å². The van der Waals surface area contributed by atoms with E-state index in [9.17, 15) is 4.79 Å². The fraction of sp³-hybridized carbons (Fsp3) is 0.750. The summed E-state index contributed by atoms with van der Waals surface area (Å²) in [4.78, 5) is 21.6. The fourth-order valence-corrected chi connectivity index (χ4v) is 3.48. The molecule has 22 heavy (non-hydrogen) atoms. The maximum Gasteiger partial charge on any atom is 0.251 e. The Bertz CT molecular complexity index is 510. The minimum Gasteiger partial charge on any atom is -0.368 e. The Labute approximate surface area is 132 Å². The van der Waals surface area contributed by atoms with Gasteiger partial charge in [-0.2, -0.15) is 0 Å². The molecule has 1 aromatic heterocycles. The van der Waals surface area contributed by atoms with Crippen molar-refractivity contribution in [3.63, 3.8) is 0 Å². The molecule has 3 rings (SSSR count). The second-order valence-corrected chi connectivity index (χ2v) is 6.18. The molecule has 0 saturated carbocycles. The number of nitrogens with zero attached hydrogens (tertiary/aromatic N) is 4. The van der Waals surface area contributed by atoms with Crippen molar-refractivity contribution in [1.29, 1.82) is 0 Å². The van der Waals surface area contributed by atoms with Crippen molar-refractivity contribution in [2.75, 3.05) is 32.8 Å². The zero-order valence-corrected chi connectivity index (χ0v) is 13.6. The Balaban J connectivity index is 1.72. The van der Waals surface area contributed by atoms with Crippen LogP contribution in [0.25, 0.3) is 0 Å². The predicted molar refractivity (Wildman–Crippen MR) is 83.4 cm³/mol. The lowest BCUT2D eigenvalue weighted by Gasteiger charge is -2.41. The highest BCUT2D eigenvalue weighted by atomic mass is 16.5. The van der Waals surface area contributed by atoms with Gasteiger partial charge in [-0.1, -0.05) is 6.92 Å². The molecule has 122 valence electrons. The van der Waals surface area contributed by atoms with Crippen LogP contribution in [0, 0.1) is 0 Å². The molecular formula is C16H26N4O2. The van der Waals surface area contributed by atoms with Crippen LogP contribution in [0.2, 0.25) is 0 Å². The van der Waals surface area contributed by atoms with Crippen LogP contribution in [0.15, 0.2) is 12.4 Å². The quantitative estimate of drug-likeness (QED) is 0.842. The van der Waals surface area contributed by atoms with Crippen LogP contribution in [-0.4, -0.2) is 64.1 Å². The fourth-order valence-electron chi connectivity index (χ4n) is 3.48. The summed E-state index contributed by atoms with van der Waals surface area (Å²) >= 11 is 0. The van der Waals surface area contributed by atoms with Crippen molar-refractivity contribution in [1.82, 2.24) is 19.4 Å². The van der Waals surface area contributed by atoms with Gasteiger partial charge in [0, 0.05) is 45.7 Å². The monoisotopic (exact) mass is 306 g/mol. The SMILES string of the molecule is CCN1CCN(C(=O)[C@@H]2CCCCO2)C[C@@H]1c1nccn1C. The first-order chi connectivity index (χ1) is 10.7. The third kappa shape index (κ3) is 3.03. The van der Waals surface area contributed by atoms with E-state index in [4.69, 9.17) is 4.74 Å². The normalized spacial score (nSPS) is 27.1. The van der Waals surface area contributed by atoms with Crippen LogP contribution in [0.3, 0.4) is 0 Å². The maximum atomic E-state index is 12.7. The van der Waals surface area contributed by atoms with Crippen LogP contribution in [0.5, 0.6) is 0 Å². The molecule has 2 fully saturated rings. The number of imidazole rings is 1. The number of carbonyl (C=O) groups excluding carboxylic acids is 1. The summed E-state index contributed by atoms with van der Waals surface area (Å²) in [6.45, 7) is 6.24. The van der Waals surface area contributed by atoms with Gasteiger partial charge in [-0.25, -0.2) is 4.98 Å². The molecule has 0 bridgehead atoms. The highest BCUT2D eigenvalue weighted by molar-refractivity contribution is 5.81. The largest absolute Gasteiger partial charge is 0.368 e. The van der Waals surface area contributed by atoms with Crippen LogP contribution in [-0.2, 0) is 16.6 Å². The molecule has 1 aromatic rings. The number of rotatable bonds is 3. The van der Waals surface area contributed by atoms with Crippen LogP contribution < -0.4 is 0 Å². The minimum atomic E-state index is -0.232. The number of aromatic nitrogens is 2. The first kappa shape index (κ1) is 15.5. The van der Waals surface area contributed by atoms with Gasteiger partial charge in [0.25, 0.3) is 5.91 Å².